The molecule has 0 saturated carbocycles. The Morgan fingerprint density at radius 2 is 1.89 bits per heavy atom. The molecule has 0 bridgehead atoms. The first-order valence-electron chi connectivity index (χ1n) is 6.19. The van der Waals surface area contributed by atoms with Crippen molar-refractivity contribution in [3.05, 3.63) is 53.2 Å². The van der Waals surface area contributed by atoms with Crippen LogP contribution in [-0.2, 0) is 12.8 Å². The van der Waals surface area contributed by atoms with Gasteiger partial charge >= 0.3 is 0 Å². The van der Waals surface area contributed by atoms with Gasteiger partial charge in [0.15, 0.2) is 5.82 Å². The maximum Gasteiger partial charge on any atom is 0.159 e. The Labute approximate surface area is 117 Å². The van der Waals surface area contributed by atoms with Crippen LogP contribution in [0, 0.1) is 0 Å². The van der Waals surface area contributed by atoms with Crippen LogP contribution in [0.1, 0.15) is 16.7 Å². The summed E-state index contributed by atoms with van der Waals surface area (Å²) in [7, 11) is 0. The average molecular weight is 270 g/mol. The topological polar surface area (TPSA) is 63.8 Å². The van der Waals surface area contributed by atoms with Crippen molar-refractivity contribution in [1.82, 2.24) is 10.2 Å². The van der Waals surface area contributed by atoms with E-state index in [2.05, 4.69) is 39.8 Å². The molecule has 1 aliphatic rings. The minimum atomic E-state index is 0.321. The Morgan fingerprint density at radius 3 is 2.53 bits per heavy atom. The van der Waals surface area contributed by atoms with Crippen LogP contribution < -0.4 is 11.1 Å². The number of benzene rings is 1. The predicted octanol–water partition coefficient (Wildman–Crippen LogP) is 1.69. The highest BCUT2D eigenvalue weighted by atomic mass is 32.1. The molecule has 1 aromatic heterocycles. The molecule has 0 unspecified atom stereocenters. The number of rotatable bonds is 3. The van der Waals surface area contributed by atoms with Gasteiger partial charge in [-0.2, -0.15) is 5.10 Å². The van der Waals surface area contributed by atoms with Crippen LogP contribution >= 0.6 is 12.2 Å². The highest BCUT2D eigenvalue weighted by Crippen LogP contribution is 2.24. The summed E-state index contributed by atoms with van der Waals surface area (Å²) >= 11 is 5.03. The van der Waals surface area contributed by atoms with Crippen LogP contribution in [0.2, 0.25) is 0 Å². The Bertz CT molecular complexity index is 601. The van der Waals surface area contributed by atoms with Gasteiger partial charge in [-0.3, -0.25) is 0 Å². The first-order valence-corrected chi connectivity index (χ1v) is 6.59. The number of aromatic nitrogens is 2. The van der Waals surface area contributed by atoms with Crippen molar-refractivity contribution in [3.8, 4) is 0 Å². The van der Waals surface area contributed by atoms with Crippen molar-refractivity contribution in [2.75, 3.05) is 5.32 Å². The van der Waals surface area contributed by atoms with Crippen molar-refractivity contribution in [2.24, 2.45) is 5.73 Å². The molecule has 0 fully saturated rings. The summed E-state index contributed by atoms with van der Waals surface area (Å²) in [5.41, 5.74) is 9.23. The molecule has 5 heteroatoms. The number of nitrogens with one attached hydrogen (secondary N) is 1. The molecule has 0 atom stereocenters. The van der Waals surface area contributed by atoms with Crippen molar-refractivity contribution in [2.45, 2.75) is 18.9 Å². The number of nitrogens with zero attached hydrogens (tertiary/aromatic N) is 2. The van der Waals surface area contributed by atoms with E-state index in [4.69, 9.17) is 18.0 Å². The molecule has 19 heavy (non-hydrogen) atoms. The van der Waals surface area contributed by atoms with E-state index in [-0.39, 0.29) is 0 Å². The lowest BCUT2D eigenvalue weighted by molar-refractivity contribution is 0.763. The van der Waals surface area contributed by atoms with Gasteiger partial charge in [0.2, 0.25) is 0 Å². The van der Waals surface area contributed by atoms with Crippen LogP contribution in [0.3, 0.4) is 0 Å². The van der Waals surface area contributed by atoms with Gasteiger partial charge in [0.1, 0.15) is 4.99 Å². The molecule has 96 valence electrons. The maximum atomic E-state index is 5.70. The summed E-state index contributed by atoms with van der Waals surface area (Å²) < 4.78 is 0. The number of nitrogens with two attached hydrogens (primary N) is 1. The van der Waals surface area contributed by atoms with Crippen LogP contribution in [-0.4, -0.2) is 21.2 Å². The fourth-order valence-corrected chi connectivity index (χ4v) is 2.66. The van der Waals surface area contributed by atoms with E-state index in [0.717, 1.165) is 18.4 Å². The standard InChI is InChI=1S/C14H14N4S/c15-13(19)12-5-6-16-18-14(12)17-11-7-9-3-1-2-4-10(9)8-11/h1-6,11H,7-8H2,(H2,15,19)(H,17,18). The second-order valence-electron chi connectivity index (χ2n) is 4.68. The number of hydrogen-bond acceptors (Lipinski definition) is 4. The number of fused-ring (bicyclic) bond motifs is 1. The lowest BCUT2D eigenvalue weighted by Crippen LogP contribution is -2.23. The highest BCUT2D eigenvalue weighted by Gasteiger charge is 2.22. The van der Waals surface area contributed by atoms with Gasteiger partial charge < -0.3 is 11.1 Å². The van der Waals surface area contributed by atoms with Gasteiger partial charge in [0.25, 0.3) is 0 Å². The molecule has 4 nitrogen and oxygen atoms in total. The zero-order valence-corrected chi connectivity index (χ0v) is 11.2. The van der Waals surface area contributed by atoms with Crippen molar-refractivity contribution in [1.29, 1.82) is 0 Å². The van der Waals surface area contributed by atoms with Crippen LogP contribution in [0.4, 0.5) is 5.82 Å². The summed E-state index contributed by atoms with van der Waals surface area (Å²) in [6, 6.07) is 10.6. The van der Waals surface area contributed by atoms with Crippen LogP contribution in [0.5, 0.6) is 0 Å². The van der Waals surface area contributed by atoms with Gasteiger partial charge in [-0.25, -0.2) is 0 Å². The second-order valence-corrected chi connectivity index (χ2v) is 5.12. The molecule has 1 heterocycles. The Hall–Kier alpha value is -2.01. The number of hydrogen-bond donors (Lipinski definition) is 2. The van der Waals surface area contributed by atoms with Crippen molar-refractivity contribution < 1.29 is 0 Å². The third-order valence-corrected chi connectivity index (χ3v) is 3.60. The lowest BCUT2D eigenvalue weighted by Gasteiger charge is -2.14. The largest absolute Gasteiger partial charge is 0.389 e. The highest BCUT2D eigenvalue weighted by molar-refractivity contribution is 7.80. The summed E-state index contributed by atoms with van der Waals surface area (Å²) in [5, 5.41) is 11.4. The molecule has 0 aliphatic heterocycles. The minimum Gasteiger partial charge on any atom is -0.389 e. The zero-order valence-electron chi connectivity index (χ0n) is 10.3. The third kappa shape index (κ3) is 2.42. The molecule has 0 spiro atoms. The minimum absolute atomic E-state index is 0.321. The van der Waals surface area contributed by atoms with E-state index in [9.17, 15) is 0 Å². The normalized spacial score (nSPS) is 14.1. The first-order chi connectivity index (χ1) is 9.24. The summed E-state index contributed by atoms with van der Waals surface area (Å²) in [5.74, 6) is 0.674. The van der Waals surface area contributed by atoms with E-state index in [1.165, 1.54) is 11.1 Å². The van der Waals surface area contributed by atoms with Gasteiger partial charge in [0.05, 0.1) is 11.8 Å². The quantitative estimate of drug-likeness (QED) is 0.831. The Balaban J connectivity index is 1.80. The monoisotopic (exact) mass is 270 g/mol. The average Bonchev–Trinajstić information content (AvgIpc) is 2.81. The van der Waals surface area contributed by atoms with Crippen molar-refractivity contribution >= 4 is 23.0 Å². The lowest BCUT2D eigenvalue weighted by atomic mass is 10.1. The predicted molar refractivity (Wildman–Crippen MR) is 79.2 cm³/mol. The molecular weight excluding hydrogens is 256 g/mol. The molecule has 0 radical (unpaired) electrons. The SMILES string of the molecule is NC(=S)c1ccnnc1NC1Cc2ccccc2C1. The third-order valence-electron chi connectivity index (χ3n) is 3.38. The fourth-order valence-electron chi connectivity index (χ4n) is 2.49. The molecule has 1 aliphatic carbocycles. The first kappa shape index (κ1) is 12.0. The van der Waals surface area contributed by atoms with Gasteiger partial charge in [-0.1, -0.05) is 36.5 Å². The van der Waals surface area contributed by atoms with Gasteiger partial charge in [-0.15, -0.1) is 5.10 Å². The fraction of sp³-hybridized carbons (Fsp3) is 0.214. The van der Waals surface area contributed by atoms with Gasteiger partial charge in [-0.05, 0) is 30.0 Å². The second kappa shape index (κ2) is 4.93. The van der Waals surface area contributed by atoms with E-state index < -0.39 is 0 Å². The zero-order chi connectivity index (χ0) is 13.2. The molecule has 3 rings (SSSR count). The van der Waals surface area contributed by atoms with Crippen LogP contribution in [0.15, 0.2) is 36.5 Å². The van der Waals surface area contributed by atoms with E-state index in [0.29, 0.717) is 16.8 Å². The van der Waals surface area contributed by atoms with E-state index in [1.54, 1.807) is 12.3 Å². The molecule has 3 N–H and O–H groups in total. The molecular formula is C14H14N4S. The summed E-state index contributed by atoms with van der Waals surface area (Å²) in [4.78, 5) is 0.341. The summed E-state index contributed by atoms with van der Waals surface area (Å²) in [6.45, 7) is 0. The number of thiocarbonyl (C=S) groups is 1. The Kier molecular flexibility index (Phi) is 3.13. The van der Waals surface area contributed by atoms with Crippen molar-refractivity contribution in [3.63, 3.8) is 0 Å². The molecule has 0 saturated heterocycles. The van der Waals surface area contributed by atoms with E-state index in [1.807, 2.05) is 0 Å². The molecule has 2 aromatic rings. The maximum absolute atomic E-state index is 5.70. The Morgan fingerprint density at radius 1 is 1.21 bits per heavy atom. The molecule has 1 aromatic carbocycles. The van der Waals surface area contributed by atoms with E-state index >= 15 is 0 Å². The summed E-state index contributed by atoms with van der Waals surface area (Å²) in [6.07, 6.45) is 3.58. The molecule has 0 amide bonds. The smallest absolute Gasteiger partial charge is 0.159 e. The number of anilines is 1. The van der Waals surface area contributed by atoms with Crippen LogP contribution in [0.25, 0.3) is 0 Å². The van der Waals surface area contributed by atoms with Gasteiger partial charge in [0, 0.05) is 6.04 Å².